The van der Waals surface area contributed by atoms with Crippen molar-refractivity contribution >= 4 is 5.97 Å². The minimum absolute atomic E-state index is 0.243. The molecule has 0 aliphatic carbocycles. The van der Waals surface area contributed by atoms with E-state index in [4.69, 9.17) is 9.84 Å². The number of rotatable bonds is 3. The lowest BCUT2D eigenvalue weighted by atomic mass is 10.0. The van der Waals surface area contributed by atoms with Crippen molar-refractivity contribution in [3.63, 3.8) is 0 Å². The van der Waals surface area contributed by atoms with Gasteiger partial charge in [-0.15, -0.1) is 0 Å². The molecule has 0 fully saturated rings. The maximum absolute atomic E-state index is 12.6. The Hall–Kier alpha value is -1.65. The molecule has 1 aromatic carbocycles. The lowest BCUT2D eigenvalue weighted by molar-refractivity contribution is 0.0692. The van der Waals surface area contributed by atoms with E-state index in [0.717, 1.165) is 0 Å². The summed E-state index contributed by atoms with van der Waals surface area (Å²) < 4.78 is 29.8. The normalized spacial score (nSPS) is 10.5. The molecule has 1 aromatic rings. The zero-order chi connectivity index (χ0) is 11.6. The standard InChI is InChI=1S/C10H10F2O3/c1-5-3-6(9(11)12)8(15-2)7(4-5)10(13)14/h3-4,9H,1-2H3,(H,13,14). The van der Waals surface area contributed by atoms with Crippen molar-refractivity contribution < 1.29 is 23.4 Å². The number of alkyl halides is 2. The number of ether oxygens (including phenoxy) is 1. The molecule has 0 heterocycles. The van der Waals surface area contributed by atoms with E-state index in [2.05, 4.69) is 0 Å². The highest BCUT2D eigenvalue weighted by molar-refractivity contribution is 5.91. The average molecular weight is 216 g/mol. The zero-order valence-electron chi connectivity index (χ0n) is 8.25. The molecule has 82 valence electrons. The zero-order valence-corrected chi connectivity index (χ0v) is 8.25. The fourth-order valence-corrected chi connectivity index (χ4v) is 1.35. The number of hydrogen-bond acceptors (Lipinski definition) is 2. The van der Waals surface area contributed by atoms with Crippen molar-refractivity contribution in [3.8, 4) is 5.75 Å². The Morgan fingerprint density at radius 3 is 2.47 bits per heavy atom. The first-order valence-corrected chi connectivity index (χ1v) is 4.17. The second-order valence-electron chi connectivity index (χ2n) is 3.04. The Bertz CT molecular complexity index is 388. The fraction of sp³-hybridized carbons (Fsp3) is 0.300. The molecule has 5 heteroatoms. The topological polar surface area (TPSA) is 46.5 Å². The summed E-state index contributed by atoms with van der Waals surface area (Å²) >= 11 is 0. The number of aromatic carboxylic acids is 1. The number of hydrogen-bond donors (Lipinski definition) is 1. The SMILES string of the molecule is COc1c(C(=O)O)cc(C)cc1C(F)F. The first kappa shape index (κ1) is 11.4. The van der Waals surface area contributed by atoms with Crippen LogP contribution < -0.4 is 4.74 Å². The summed E-state index contributed by atoms with van der Waals surface area (Å²) in [6.45, 7) is 1.55. The van der Waals surface area contributed by atoms with Crippen LogP contribution in [0, 0.1) is 6.92 Å². The van der Waals surface area contributed by atoms with Crippen molar-refractivity contribution in [3.05, 3.63) is 28.8 Å². The fourth-order valence-electron chi connectivity index (χ4n) is 1.35. The Labute approximate surface area is 85.3 Å². The molecule has 0 aromatic heterocycles. The maximum Gasteiger partial charge on any atom is 0.339 e. The van der Waals surface area contributed by atoms with Gasteiger partial charge in [-0.25, -0.2) is 13.6 Å². The van der Waals surface area contributed by atoms with Crippen molar-refractivity contribution in [1.29, 1.82) is 0 Å². The molecule has 0 bridgehead atoms. The lowest BCUT2D eigenvalue weighted by Gasteiger charge is -2.11. The smallest absolute Gasteiger partial charge is 0.339 e. The number of carbonyl (C=O) groups is 1. The van der Waals surface area contributed by atoms with E-state index in [-0.39, 0.29) is 11.3 Å². The molecule has 0 unspecified atom stereocenters. The van der Waals surface area contributed by atoms with Crippen LogP contribution >= 0.6 is 0 Å². The second-order valence-corrected chi connectivity index (χ2v) is 3.04. The predicted octanol–water partition coefficient (Wildman–Crippen LogP) is 2.64. The molecule has 0 saturated carbocycles. The molecule has 0 aliphatic rings. The molecule has 1 N–H and O–H groups in total. The molecule has 3 nitrogen and oxygen atoms in total. The summed E-state index contributed by atoms with van der Waals surface area (Å²) in [4.78, 5) is 10.8. The van der Waals surface area contributed by atoms with E-state index in [1.54, 1.807) is 6.92 Å². The van der Waals surface area contributed by atoms with Crippen molar-refractivity contribution in [2.75, 3.05) is 7.11 Å². The van der Waals surface area contributed by atoms with Crippen LogP contribution in [0.2, 0.25) is 0 Å². The number of halogens is 2. The molecular formula is C10H10F2O3. The monoisotopic (exact) mass is 216 g/mol. The van der Waals surface area contributed by atoms with Crippen LogP contribution in [0.25, 0.3) is 0 Å². The second kappa shape index (κ2) is 4.25. The van der Waals surface area contributed by atoms with Gasteiger partial charge in [0.05, 0.1) is 12.7 Å². The molecular weight excluding hydrogens is 206 g/mol. The Balaban J connectivity index is 3.45. The highest BCUT2D eigenvalue weighted by atomic mass is 19.3. The Morgan fingerprint density at radius 2 is 2.07 bits per heavy atom. The van der Waals surface area contributed by atoms with E-state index in [9.17, 15) is 13.6 Å². The number of benzene rings is 1. The van der Waals surface area contributed by atoms with Gasteiger partial charge in [0.1, 0.15) is 11.3 Å². The third kappa shape index (κ3) is 2.23. The van der Waals surface area contributed by atoms with Crippen LogP contribution in [0.1, 0.15) is 27.9 Å². The van der Waals surface area contributed by atoms with Gasteiger partial charge in [0.25, 0.3) is 6.43 Å². The third-order valence-corrected chi connectivity index (χ3v) is 1.93. The first-order chi connectivity index (χ1) is 6.97. The van der Waals surface area contributed by atoms with Crippen LogP contribution in [-0.2, 0) is 0 Å². The highest BCUT2D eigenvalue weighted by Crippen LogP contribution is 2.33. The number of carboxylic acid groups (broad SMARTS) is 1. The summed E-state index contributed by atoms with van der Waals surface area (Å²) in [6.07, 6.45) is -2.75. The number of carboxylic acids is 1. The van der Waals surface area contributed by atoms with Crippen molar-refractivity contribution in [1.82, 2.24) is 0 Å². The molecule has 0 spiro atoms. The number of aryl methyl sites for hydroxylation is 1. The third-order valence-electron chi connectivity index (χ3n) is 1.93. The molecule has 0 radical (unpaired) electrons. The molecule has 0 atom stereocenters. The minimum Gasteiger partial charge on any atom is -0.495 e. The van der Waals surface area contributed by atoms with Crippen LogP contribution in [0.4, 0.5) is 8.78 Å². The Morgan fingerprint density at radius 1 is 1.47 bits per heavy atom. The van der Waals surface area contributed by atoms with Gasteiger partial charge < -0.3 is 9.84 Å². The van der Waals surface area contributed by atoms with Gasteiger partial charge >= 0.3 is 5.97 Å². The quantitative estimate of drug-likeness (QED) is 0.844. The Kier molecular flexibility index (Phi) is 3.24. The van der Waals surface area contributed by atoms with E-state index in [1.165, 1.54) is 19.2 Å². The summed E-state index contributed by atoms with van der Waals surface area (Å²) in [5.41, 5.74) is -0.175. The summed E-state index contributed by atoms with van der Waals surface area (Å²) in [5, 5.41) is 8.80. The summed E-state index contributed by atoms with van der Waals surface area (Å²) in [6, 6.07) is 2.52. The molecule has 1 rings (SSSR count). The van der Waals surface area contributed by atoms with Crippen LogP contribution in [0.3, 0.4) is 0 Å². The largest absolute Gasteiger partial charge is 0.495 e. The van der Waals surface area contributed by atoms with E-state index >= 15 is 0 Å². The van der Waals surface area contributed by atoms with Crippen LogP contribution in [0.15, 0.2) is 12.1 Å². The van der Waals surface area contributed by atoms with Crippen LogP contribution in [0.5, 0.6) is 5.75 Å². The van der Waals surface area contributed by atoms with E-state index in [0.29, 0.717) is 5.56 Å². The maximum atomic E-state index is 12.6. The van der Waals surface area contributed by atoms with Gasteiger partial charge in [-0.3, -0.25) is 0 Å². The minimum atomic E-state index is -2.75. The number of methoxy groups -OCH3 is 1. The summed E-state index contributed by atoms with van der Waals surface area (Å²) in [5.74, 6) is -1.56. The van der Waals surface area contributed by atoms with Gasteiger partial charge in [-0.05, 0) is 24.6 Å². The average Bonchev–Trinajstić information content (AvgIpc) is 2.16. The van der Waals surface area contributed by atoms with E-state index in [1.807, 2.05) is 0 Å². The molecule has 15 heavy (non-hydrogen) atoms. The van der Waals surface area contributed by atoms with Gasteiger partial charge in [0.15, 0.2) is 0 Å². The van der Waals surface area contributed by atoms with Gasteiger partial charge in [-0.1, -0.05) is 0 Å². The van der Waals surface area contributed by atoms with Gasteiger partial charge in [0, 0.05) is 0 Å². The lowest BCUT2D eigenvalue weighted by Crippen LogP contribution is -2.04. The molecule has 0 aliphatic heterocycles. The predicted molar refractivity (Wildman–Crippen MR) is 49.6 cm³/mol. The van der Waals surface area contributed by atoms with Crippen molar-refractivity contribution in [2.24, 2.45) is 0 Å². The van der Waals surface area contributed by atoms with Crippen molar-refractivity contribution in [2.45, 2.75) is 13.3 Å². The van der Waals surface area contributed by atoms with Gasteiger partial charge in [-0.2, -0.15) is 0 Å². The molecule has 0 saturated heterocycles. The molecule has 0 amide bonds. The van der Waals surface area contributed by atoms with E-state index < -0.39 is 18.0 Å². The summed E-state index contributed by atoms with van der Waals surface area (Å²) in [7, 11) is 1.17. The first-order valence-electron chi connectivity index (χ1n) is 4.17. The van der Waals surface area contributed by atoms with Crippen LogP contribution in [-0.4, -0.2) is 18.2 Å². The van der Waals surface area contributed by atoms with Gasteiger partial charge in [0.2, 0.25) is 0 Å². The highest BCUT2D eigenvalue weighted by Gasteiger charge is 2.21.